The number of hydrogen-bond donors (Lipinski definition) is 0. The van der Waals surface area contributed by atoms with Gasteiger partial charge in [-0.15, -0.1) is 0 Å². The van der Waals surface area contributed by atoms with Crippen LogP contribution in [-0.2, 0) is 0 Å². The summed E-state index contributed by atoms with van der Waals surface area (Å²) in [6.07, 6.45) is 0. The largest absolute Gasteiger partial charge is 0.275 e. The molecule has 0 heterocycles. The molecule has 0 aliphatic rings. The Bertz CT molecular complexity index is 392. The molecule has 0 saturated carbocycles. The predicted molar refractivity (Wildman–Crippen MR) is 44.2 cm³/mol. The summed E-state index contributed by atoms with van der Waals surface area (Å²) in [5.74, 6) is -7.60. The highest BCUT2D eigenvalue weighted by Gasteiger charge is 2.26. The third-order valence-corrected chi connectivity index (χ3v) is 2.34. The molecule has 1 aromatic carbocycles. The van der Waals surface area contributed by atoms with Gasteiger partial charge in [-0.2, -0.15) is 0 Å². The second-order valence-electron chi connectivity index (χ2n) is 2.22. The van der Waals surface area contributed by atoms with E-state index in [0.717, 1.165) is 0 Å². The lowest BCUT2D eigenvalue weighted by Gasteiger charge is -2.04. The van der Waals surface area contributed by atoms with Crippen molar-refractivity contribution in [3.8, 4) is 0 Å². The van der Waals surface area contributed by atoms with E-state index in [1.54, 1.807) is 0 Å². The first kappa shape index (κ1) is 11.5. The van der Waals surface area contributed by atoms with Crippen LogP contribution in [0.5, 0.6) is 0 Å². The van der Waals surface area contributed by atoms with Gasteiger partial charge >= 0.3 is 0 Å². The third-order valence-electron chi connectivity index (χ3n) is 1.41. The summed E-state index contributed by atoms with van der Waals surface area (Å²) in [4.78, 5) is 10.5. The van der Waals surface area contributed by atoms with Crippen LogP contribution in [0, 0.1) is 23.3 Å². The Morgan fingerprint density at radius 3 is 1.86 bits per heavy atom. The second-order valence-corrected chi connectivity index (χ2v) is 3.35. The Morgan fingerprint density at radius 2 is 1.43 bits per heavy atom. The van der Waals surface area contributed by atoms with E-state index in [-0.39, 0.29) is 0 Å². The van der Waals surface area contributed by atoms with Gasteiger partial charge in [0.05, 0.1) is 10.0 Å². The molecule has 0 fully saturated rings. The van der Waals surface area contributed by atoms with E-state index in [4.69, 9.17) is 11.6 Å². The second kappa shape index (κ2) is 3.86. The number of benzene rings is 1. The number of hydrogen-bond acceptors (Lipinski definition) is 1. The Balaban J connectivity index is 3.68. The molecule has 0 aliphatic heterocycles. The quantitative estimate of drug-likeness (QED) is 0.335. The van der Waals surface area contributed by atoms with Crippen molar-refractivity contribution < 1.29 is 22.4 Å². The number of rotatable bonds is 1. The van der Waals surface area contributed by atoms with Gasteiger partial charge in [0, 0.05) is 0 Å². The molecule has 0 aromatic heterocycles. The summed E-state index contributed by atoms with van der Waals surface area (Å²) in [5, 5.41) is -1.42. The fourth-order valence-corrected chi connectivity index (χ4v) is 1.60. The fraction of sp³-hybridized carbons (Fsp3) is 0. The van der Waals surface area contributed by atoms with Gasteiger partial charge in [0.1, 0.15) is 0 Å². The van der Waals surface area contributed by atoms with E-state index < -0.39 is 38.5 Å². The van der Waals surface area contributed by atoms with Crippen LogP contribution in [0.25, 0.3) is 0 Å². The first-order chi connectivity index (χ1) is 6.37. The Labute approximate surface area is 88.8 Å². The van der Waals surface area contributed by atoms with E-state index in [0.29, 0.717) is 0 Å². The van der Waals surface area contributed by atoms with Gasteiger partial charge in [0.2, 0.25) is 0 Å². The molecular formula is C7BrClF4O. The zero-order valence-corrected chi connectivity index (χ0v) is 8.52. The van der Waals surface area contributed by atoms with Gasteiger partial charge < -0.3 is 0 Å². The van der Waals surface area contributed by atoms with Crippen LogP contribution < -0.4 is 0 Å². The average Bonchev–Trinajstić information content (AvgIpc) is 2.11. The summed E-state index contributed by atoms with van der Waals surface area (Å²) >= 11 is 7.23. The normalized spacial score (nSPS) is 10.4. The highest BCUT2D eigenvalue weighted by Crippen LogP contribution is 2.29. The highest BCUT2D eigenvalue weighted by atomic mass is 79.9. The standard InChI is InChI=1S/C7BrClF4O/c8-2-1(7(9)14)3(10)5(12)6(13)4(2)11. The van der Waals surface area contributed by atoms with Crippen molar-refractivity contribution in [1.29, 1.82) is 0 Å². The maximum atomic E-state index is 12.8. The molecule has 1 nitrogen and oxygen atoms in total. The van der Waals surface area contributed by atoms with Gasteiger partial charge in [-0.3, -0.25) is 4.79 Å². The molecule has 0 saturated heterocycles. The van der Waals surface area contributed by atoms with Crippen LogP contribution in [0.3, 0.4) is 0 Å². The van der Waals surface area contributed by atoms with Crippen molar-refractivity contribution in [2.45, 2.75) is 0 Å². The molecule has 7 heteroatoms. The van der Waals surface area contributed by atoms with Crippen molar-refractivity contribution in [1.82, 2.24) is 0 Å². The first-order valence-electron chi connectivity index (χ1n) is 3.09. The van der Waals surface area contributed by atoms with Gasteiger partial charge in [-0.25, -0.2) is 17.6 Å². The minimum Gasteiger partial charge on any atom is -0.275 e. The van der Waals surface area contributed by atoms with E-state index >= 15 is 0 Å². The van der Waals surface area contributed by atoms with Crippen LogP contribution in [-0.4, -0.2) is 5.24 Å². The van der Waals surface area contributed by atoms with E-state index in [1.165, 1.54) is 0 Å². The summed E-state index contributed by atoms with van der Waals surface area (Å²) in [5.41, 5.74) is -1.07. The molecule has 0 atom stereocenters. The Kier molecular flexibility index (Phi) is 3.16. The average molecular weight is 291 g/mol. The molecule has 0 unspecified atom stereocenters. The SMILES string of the molecule is O=C(Cl)c1c(F)c(F)c(F)c(F)c1Br. The van der Waals surface area contributed by atoms with Gasteiger partial charge in [0.25, 0.3) is 5.24 Å². The smallest absolute Gasteiger partial charge is 0.256 e. The maximum absolute atomic E-state index is 12.8. The molecule has 1 rings (SSSR count). The van der Waals surface area contributed by atoms with Crippen molar-refractivity contribution in [2.75, 3.05) is 0 Å². The van der Waals surface area contributed by atoms with Crippen molar-refractivity contribution in [2.24, 2.45) is 0 Å². The van der Waals surface area contributed by atoms with Crippen molar-refractivity contribution >= 4 is 32.8 Å². The molecule has 76 valence electrons. The lowest BCUT2D eigenvalue weighted by atomic mass is 10.2. The van der Waals surface area contributed by atoms with Crippen LogP contribution in [0.2, 0.25) is 0 Å². The minimum atomic E-state index is -2.07. The van der Waals surface area contributed by atoms with Gasteiger partial charge in [-0.1, -0.05) is 0 Å². The monoisotopic (exact) mass is 290 g/mol. The third kappa shape index (κ3) is 1.64. The summed E-state index contributed by atoms with van der Waals surface area (Å²) in [6, 6.07) is 0. The number of halogens is 6. The molecule has 0 spiro atoms. The molecular weight excluding hydrogens is 291 g/mol. The zero-order chi connectivity index (χ0) is 11.0. The lowest BCUT2D eigenvalue weighted by Crippen LogP contribution is -2.06. The van der Waals surface area contributed by atoms with E-state index in [9.17, 15) is 22.4 Å². The molecule has 0 N–H and O–H groups in total. The van der Waals surface area contributed by atoms with Crippen molar-refractivity contribution in [3.63, 3.8) is 0 Å². The predicted octanol–water partition coefficient (Wildman–Crippen LogP) is 3.38. The van der Waals surface area contributed by atoms with E-state index in [1.807, 2.05) is 0 Å². The molecule has 14 heavy (non-hydrogen) atoms. The molecule has 0 aliphatic carbocycles. The fourth-order valence-electron chi connectivity index (χ4n) is 0.777. The van der Waals surface area contributed by atoms with Crippen LogP contribution in [0.1, 0.15) is 10.4 Å². The topological polar surface area (TPSA) is 17.1 Å². The first-order valence-corrected chi connectivity index (χ1v) is 4.26. The molecule has 0 bridgehead atoms. The van der Waals surface area contributed by atoms with Crippen LogP contribution in [0.4, 0.5) is 17.6 Å². The molecule has 0 amide bonds. The molecule has 1 aromatic rings. The van der Waals surface area contributed by atoms with Gasteiger partial charge in [-0.05, 0) is 27.5 Å². The van der Waals surface area contributed by atoms with Crippen molar-refractivity contribution in [3.05, 3.63) is 33.3 Å². The van der Waals surface area contributed by atoms with Gasteiger partial charge in [0.15, 0.2) is 23.3 Å². The maximum Gasteiger partial charge on any atom is 0.256 e. The summed E-state index contributed by atoms with van der Waals surface area (Å²) in [7, 11) is 0. The van der Waals surface area contributed by atoms with E-state index in [2.05, 4.69) is 15.9 Å². The van der Waals surface area contributed by atoms with Crippen LogP contribution >= 0.6 is 27.5 Å². The Morgan fingerprint density at radius 1 is 1.00 bits per heavy atom. The Hall–Kier alpha value is -0.620. The summed E-state index contributed by atoms with van der Waals surface area (Å²) in [6.45, 7) is 0. The molecule has 0 radical (unpaired) electrons. The minimum absolute atomic E-state index is 0.839. The zero-order valence-electron chi connectivity index (χ0n) is 6.18. The highest BCUT2D eigenvalue weighted by molar-refractivity contribution is 9.10. The number of carbonyl (C=O) groups is 1. The number of carbonyl (C=O) groups excluding carboxylic acids is 1. The van der Waals surface area contributed by atoms with Crippen LogP contribution in [0.15, 0.2) is 4.47 Å². The summed E-state index contributed by atoms with van der Waals surface area (Å²) < 4.78 is 49.8. The lowest BCUT2D eigenvalue weighted by molar-refractivity contribution is 0.107.